The van der Waals surface area contributed by atoms with Crippen molar-refractivity contribution in [2.75, 3.05) is 31.4 Å². The second-order valence-electron chi connectivity index (χ2n) is 11.9. The van der Waals surface area contributed by atoms with Crippen molar-refractivity contribution in [3.05, 3.63) is 88.0 Å². The number of rotatable bonds is 11. The molecule has 13 nitrogen and oxygen atoms in total. The summed E-state index contributed by atoms with van der Waals surface area (Å²) in [6.07, 6.45) is -0.858. The van der Waals surface area contributed by atoms with Crippen molar-refractivity contribution in [2.45, 2.75) is 52.6 Å². The quantitative estimate of drug-likeness (QED) is 0.230. The van der Waals surface area contributed by atoms with Crippen LogP contribution in [0.3, 0.4) is 0 Å². The largest absolute Gasteiger partial charge is 0.453 e. The van der Waals surface area contributed by atoms with Crippen LogP contribution >= 0.6 is 0 Å². The summed E-state index contributed by atoms with van der Waals surface area (Å²) in [6, 6.07) is 15.7. The molecule has 0 fully saturated rings. The minimum absolute atomic E-state index is 0.131. The monoisotopic (exact) mass is 629 g/mol. The number of hydrogen-bond donors (Lipinski definition) is 2. The molecule has 0 saturated heterocycles. The van der Waals surface area contributed by atoms with Crippen molar-refractivity contribution < 1.29 is 23.5 Å². The van der Waals surface area contributed by atoms with E-state index in [-0.39, 0.29) is 34.9 Å². The Balaban J connectivity index is 1.60. The minimum Gasteiger partial charge on any atom is -0.453 e. The van der Waals surface area contributed by atoms with Crippen LogP contribution in [0.4, 0.5) is 16.2 Å². The zero-order valence-electron chi connectivity index (χ0n) is 27.2. The average molecular weight is 630 g/mol. The van der Waals surface area contributed by atoms with Gasteiger partial charge in [0.25, 0.3) is 11.4 Å². The molecule has 4 aromatic rings. The van der Waals surface area contributed by atoms with Crippen molar-refractivity contribution in [2.24, 2.45) is 5.92 Å². The molecule has 0 aliphatic carbocycles. The summed E-state index contributed by atoms with van der Waals surface area (Å²) in [5.74, 6) is -1.35. The van der Waals surface area contributed by atoms with Gasteiger partial charge in [-0.2, -0.15) is 0 Å². The number of aryl methyl sites for hydroxylation is 1. The molecule has 2 amide bonds. The van der Waals surface area contributed by atoms with Crippen LogP contribution in [-0.2, 0) is 21.5 Å². The van der Waals surface area contributed by atoms with E-state index < -0.39 is 41.3 Å². The average Bonchev–Trinajstić information content (AvgIpc) is 3.54. The summed E-state index contributed by atoms with van der Waals surface area (Å²) in [7, 11) is 5.08. The lowest BCUT2D eigenvalue weighted by Gasteiger charge is -2.22. The third kappa shape index (κ3) is 7.14. The zero-order chi connectivity index (χ0) is 33.8. The number of hydrogen-bond acceptors (Lipinski definition) is 10. The van der Waals surface area contributed by atoms with E-state index in [1.54, 1.807) is 45.0 Å². The maximum Gasteiger partial charge on any atom is 0.411 e. The smallest absolute Gasteiger partial charge is 0.411 e. The third-order valence-electron chi connectivity index (χ3n) is 7.64. The lowest BCUT2D eigenvalue weighted by molar-refractivity contribution is -0.122. The van der Waals surface area contributed by atoms with Gasteiger partial charge >= 0.3 is 6.09 Å². The number of benzene rings is 2. The summed E-state index contributed by atoms with van der Waals surface area (Å²) < 4.78 is 11.7. The van der Waals surface area contributed by atoms with Gasteiger partial charge in [0.15, 0.2) is 0 Å². The van der Waals surface area contributed by atoms with E-state index in [4.69, 9.17) is 4.42 Å². The van der Waals surface area contributed by atoms with E-state index in [0.717, 1.165) is 15.8 Å². The van der Waals surface area contributed by atoms with Crippen LogP contribution in [0.15, 0.2) is 63.8 Å². The van der Waals surface area contributed by atoms with E-state index in [0.29, 0.717) is 5.56 Å². The second-order valence-corrected chi connectivity index (χ2v) is 11.9. The van der Waals surface area contributed by atoms with Crippen molar-refractivity contribution in [1.82, 2.24) is 25.1 Å². The molecule has 46 heavy (non-hydrogen) atoms. The van der Waals surface area contributed by atoms with Crippen molar-refractivity contribution in [3.63, 3.8) is 0 Å². The van der Waals surface area contributed by atoms with Gasteiger partial charge < -0.3 is 19.4 Å². The number of Topliss-reactive ketones (excluding diaryl/α,β-unsaturated/α-hetero) is 1. The Morgan fingerprint density at radius 3 is 2.26 bits per heavy atom. The Kier molecular flexibility index (Phi) is 10.0. The normalized spacial score (nSPS) is 12.0. The van der Waals surface area contributed by atoms with Crippen molar-refractivity contribution in [1.29, 1.82) is 0 Å². The number of carbonyl (C=O) groups excluding carboxylic acids is 3. The minimum atomic E-state index is -1.04. The Morgan fingerprint density at radius 1 is 1.02 bits per heavy atom. The molecule has 4 rings (SSSR count). The van der Waals surface area contributed by atoms with Gasteiger partial charge in [-0.1, -0.05) is 56.3 Å². The van der Waals surface area contributed by atoms with E-state index in [2.05, 4.69) is 30.6 Å². The number of nitrogens with one attached hydrogen (secondary N) is 2. The van der Waals surface area contributed by atoms with Gasteiger partial charge in [0.1, 0.15) is 18.1 Å². The topological polar surface area (TPSA) is 162 Å². The van der Waals surface area contributed by atoms with Crippen LogP contribution < -0.4 is 21.1 Å². The SMILES string of the molecule is COC(=O)Nc1c(C)nc(-c2ccccc2)n(CC(=O)N[C@@H](C(=O)c2nnc(C(C)(C)c3ccc(N(C)C)cc3)o2)C(C)C)c1=O. The molecule has 0 aliphatic rings. The Labute approximate surface area is 267 Å². The molecule has 1 atom stereocenters. The zero-order valence-corrected chi connectivity index (χ0v) is 27.2. The molecule has 2 heterocycles. The molecular formula is C33H39N7O6. The van der Waals surface area contributed by atoms with E-state index >= 15 is 0 Å². The van der Waals surface area contributed by atoms with Gasteiger partial charge in [-0.15, -0.1) is 10.2 Å². The standard InChI is InChI=1S/C33H39N7O6/c1-19(2)25(27(42)29-37-38-31(46-29)33(4,5)22-14-16-23(17-15-22)39(6)7)35-24(41)18-40-28(21-12-10-9-11-13-21)34-20(3)26(30(40)43)36-32(44)45-8/h9-17,19,25H,18H2,1-8H3,(H,35,41)(H,36,44)/t25-/m1/s1. The number of amides is 2. The predicted molar refractivity (Wildman–Crippen MR) is 173 cm³/mol. The highest BCUT2D eigenvalue weighted by molar-refractivity contribution is 5.98. The number of anilines is 2. The maximum absolute atomic E-state index is 13.6. The molecule has 0 spiro atoms. The fourth-order valence-corrected chi connectivity index (χ4v) is 4.82. The van der Waals surface area contributed by atoms with Gasteiger partial charge in [0.05, 0.1) is 24.3 Å². The van der Waals surface area contributed by atoms with Gasteiger partial charge in [-0.05, 0) is 44.4 Å². The summed E-state index contributed by atoms with van der Waals surface area (Å²) in [5, 5.41) is 13.3. The summed E-state index contributed by atoms with van der Waals surface area (Å²) >= 11 is 0. The van der Waals surface area contributed by atoms with Gasteiger partial charge in [0.2, 0.25) is 17.6 Å². The number of carbonyl (C=O) groups is 3. The first-order valence-corrected chi connectivity index (χ1v) is 14.7. The van der Waals surface area contributed by atoms with Crippen LogP contribution in [0.1, 0.15) is 55.5 Å². The van der Waals surface area contributed by atoms with Crippen LogP contribution in [0.25, 0.3) is 11.4 Å². The molecule has 0 bridgehead atoms. The summed E-state index contributed by atoms with van der Waals surface area (Å²) in [4.78, 5) is 59.1. The van der Waals surface area contributed by atoms with Crippen LogP contribution in [0.2, 0.25) is 0 Å². The van der Waals surface area contributed by atoms with Gasteiger partial charge in [0, 0.05) is 25.3 Å². The number of ketones is 1. The highest BCUT2D eigenvalue weighted by Gasteiger charge is 2.34. The van der Waals surface area contributed by atoms with Crippen molar-refractivity contribution >= 4 is 29.2 Å². The lowest BCUT2D eigenvalue weighted by atomic mass is 9.84. The lowest BCUT2D eigenvalue weighted by Crippen LogP contribution is -2.47. The molecule has 242 valence electrons. The Bertz CT molecular complexity index is 1780. The number of nitrogens with zero attached hydrogens (tertiary/aromatic N) is 5. The Morgan fingerprint density at radius 2 is 1.67 bits per heavy atom. The maximum atomic E-state index is 13.6. The fourth-order valence-electron chi connectivity index (χ4n) is 4.82. The molecule has 13 heteroatoms. The van der Waals surface area contributed by atoms with E-state index in [9.17, 15) is 19.2 Å². The van der Waals surface area contributed by atoms with E-state index in [1.807, 2.05) is 63.2 Å². The molecular weight excluding hydrogens is 590 g/mol. The van der Waals surface area contributed by atoms with Crippen LogP contribution in [-0.4, -0.2) is 64.8 Å². The molecule has 0 aliphatic heterocycles. The predicted octanol–water partition coefficient (Wildman–Crippen LogP) is 4.20. The number of ether oxygens (including phenoxy) is 1. The molecule has 0 radical (unpaired) electrons. The molecule has 0 saturated carbocycles. The Hall–Kier alpha value is -5.33. The molecule has 0 unspecified atom stereocenters. The van der Waals surface area contributed by atoms with E-state index in [1.165, 1.54) is 7.11 Å². The van der Waals surface area contributed by atoms with Crippen LogP contribution in [0, 0.1) is 12.8 Å². The highest BCUT2D eigenvalue weighted by Crippen LogP contribution is 2.32. The van der Waals surface area contributed by atoms with Crippen molar-refractivity contribution in [3.8, 4) is 11.4 Å². The van der Waals surface area contributed by atoms with Gasteiger partial charge in [-0.25, -0.2) is 9.78 Å². The number of methoxy groups -OCH3 is 1. The first-order valence-electron chi connectivity index (χ1n) is 14.7. The second kappa shape index (κ2) is 13.8. The number of aromatic nitrogens is 4. The van der Waals surface area contributed by atoms with Crippen LogP contribution in [0.5, 0.6) is 0 Å². The highest BCUT2D eigenvalue weighted by atomic mass is 16.5. The first-order chi connectivity index (χ1) is 21.7. The molecule has 2 N–H and O–H groups in total. The summed E-state index contributed by atoms with van der Waals surface area (Å²) in [6.45, 7) is 8.45. The van der Waals surface area contributed by atoms with Gasteiger partial charge in [-0.3, -0.25) is 24.3 Å². The molecule has 2 aromatic heterocycles. The summed E-state index contributed by atoms with van der Waals surface area (Å²) in [5.41, 5.74) is 1.28. The third-order valence-corrected chi connectivity index (χ3v) is 7.64. The first kappa shape index (κ1) is 33.6. The molecule has 2 aromatic carbocycles. The fraction of sp³-hybridized carbons (Fsp3) is 0.364.